The lowest BCUT2D eigenvalue weighted by Gasteiger charge is -2.15. The largest absolute Gasteiger partial charge is 0.480 e. The normalized spacial score (nSPS) is 13.3. The molecule has 0 aromatic rings. The first-order valence-corrected chi connectivity index (χ1v) is 4.37. The van der Waals surface area contributed by atoms with E-state index in [0.717, 1.165) is 6.42 Å². The minimum atomic E-state index is -1.05. The highest BCUT2D eigenvalue weighted by atomic mass is 79.9. The molecule has 0 bridgehead atoms. The van der Waals surface area contributed by atoms with Crippen LogP contribution < -0.4 is 5.73 Å². The summed E-state index contributed by atoms with van der Waals surface area (Å²) in [6.07, 6.45) is 1.84. The third-order valence-corrected chi connectivity index (χ3v) is 1.97. The van der Waals surface area contributed by atoms with Crippen LogP contribution in [0.1, 0.15) is 19.3 Å². The molecule has 0 aromatic carbocycles. The number of carbonyl (C=O) groups is 1. The van der Waals surface area contributed by atoms with Crippen molar-refractivity contribution in [2.75, 3.05) is 6.54 Å². The van der Waals surface area contributed by atoms with Gasteiger partial charge in [0.2, 0.25) is 0 Å². The van der Waals surface area contributed by atoms with Crippen LogP contribution in [0.25, 0.3) is 0 Å². The summed E-state index contributed by atoms with van der Waals surface area (Å²) >= 11 is 2.67. The molecule has 0 radical (unpaired) electrons. The van der Waals surface area contributed by atoms with E-state index >= 15 is 0 Å². The third kappa shape index (κ3) is 4.66. The Balaban J connectivity index is 3.72. The van der Waals surface area contributed by atoms with Gasteiger partial charge < -0.3 is 16.0 Å². The zero-order valence-electron chi connectivity index (χ0n) is 6.61. The quantitative estimate of drug-likeness (QED) is 0.359. The zero-order valence-corrected chi connectivity index (χ0v) is 8.20. The van der Waals surface area contributed by atoms with Crippen molar-refractivity contribution in [2.24, 2.45) is 5.73 Å². The summed E-state index contributed by atoms with van der Waals surface area (Å²) in [6, 6.07) is -0.892. The van der Waals surface area contributed by atoms with E-state index in [1.165, 1.54) is 0 Å². The summed E-state index contributed by atoms with van der Waals surface area (Å²) in [5, 5.41) is 17.4. The molecule has 0 aliphatic carbocycles. The van der Waals surface area contributed by atoms with E-state index in [1.54, 1.807) is 0 Å². The number of halogens is 1. The fourth-order valence-electron chi connectivity index (χ4n) is 0.803. The highest BCUT2D eigenvalue weighted by Crippen LogP contribution is 2.10. The maximum Gasteiger partial charge on any atom is 0.324 e. The van der Waals surface area contributed by atoms with Gasteiger partial charge in [-0.3, -0.25) is 4.79 Å². The maximum absolute atomic E-state index is 10.5. The van der Waals surface area contributed by atoms with Crippen LogP contribution in [0.4, 0.5) is 0 Å². The van der Waals surface area contributed by atoms with Crippen molar-refractivity contribution in [1.82, 2.24) is 4.09 Å². The Morgan fingerprint density at radius 2 is 2.17 bits per heavy atom. The molecule has 0 spiro atoms. The van der Waals surface area contributed by atoms with Crippen molar-refractivity contribution in [3.05, 3.63) is 0 Å². The molecule has 0 heterocycles. The monoisotopic (exact) mass is 240 g/mol. The number of carboxylic acids is 1. The molecule has 6 heteroatoms. The number of hydrogen-bond acceptors (Lipinski definition) is 4. The van der Waals surface area contributed by atoms with Crippen molar-refractivity contribution in [3.8, 4) is 0 Å². The molecule has 0 aliphatic rings. The molecule has 5 nitrogen and oxygen atoms in total. The molecular formula is C6H13BrN2O3. The lowest BCUT2D eigenvalue weighted by atomic mass is 10.1. The van der Waals surface area contributed by atoms with Gasteiger partial charge in [-0.15, -0.1) is 4.09 Å². The first-order chi connectivity index (χ1) is 5.59. The molecule has 1 atom stereocenters. The van der Waals surface area contributed by atoms with Crippen molar-refractivity contribution in [1.29, 1.82) is 0 Å². The van der Waals surface area contributed by atoms with Crippen LogP contribution in [0.3, 0.4) is 0 Å². The van der Waals surface area contributed by atoms with E-state index in [9.17, 15) is 4.79 Å². The Hall–Kier alpha value is -0.170. The maximum atomic E-state index is 10.5. The van der Waals surface area contributed by atoms with Crippen LogP contribution in [0, 0.1) is 0 Å². The average Bonchev–Trinajstić information content (AvgIpc) is 1.96. The van der Waals surface area contributed by atoms with Crippen molar-refractivity contribution < 1.29 is 15.1 Å². The number of aliphatic carboxylic acids is 1. The first kappa shape index (κ1) is 11.8. The molecule has 0 aliphatic heterocycles. The topological polar surface area (TPSA) is 86.8 Å². The second-order valence-electron chi connectivity index (χ2n) is 2.43. The Kier molecular flexibility index (Phi) is 6.27. The van der Waals surface area contributed by atoms with Crippen molar-refractivity contribution in [3.63, 3.8) is 0 Å². The lowest BCUT2D eigenvalue weighted by Crippen LogP contribution is -2.32. The molecule has 0 saturated carbocycles. The minimum Gasteiger partial charge on any atom is -0.480 e. The second kappa shape index (κ2) is 6.36. The SMILES string of the molecule is NCCCC[C@@H](C(=O)O)N(O)Br. The van der Waals surface area contributed by atoms with Gasteiger partial charge in [-0.1, -0.05) is 0 Å². The van der Waals surface area contributed by atoms with Crippen LogP contribution in [0.15, 0.2) is 0 Å². The number of hydrogen-bond donors (Lipinski definition) is 3. The fraction of sp³-hybridized carbons (Fsp3) is 0.833. The van der Waals surface area contributed by atoms with E-state index in [-0.39, 0.29) is 0 Å². The molecule has 0 rings (SSSR count). The molecule has 4 N–H and O–H groups in total. The molecule has 0 amide bonds. The van der Waals surface area contributed by atoms with Gasteiger partial charge in [-0.25, -0.2) is 0 Å². The summed E-state index contributed by atoms with van der Waals surface area (Å²) in [5.41, 5.74) is 5.23. The van der Waals surface area contributed by atoms with Crippen LogP contribution in [0.5, 0.6) is 0 Å². The molecular weight excluding hydrogens is 228 g/mol. The molecule has 72 valence electrons. The predicted octanol–water partition coefficient (Wildman–Crippen LogP) is 0.570. The predicted molar refractivity (Wildman–Crippen MR) is 46.9 cm³/mol. The standard InChI is InChI=1S/C6H13BrN2O3/c7-9(12)5(6(10)11)3-1-2-4-8/h5,12H,1-4,8H2,(H,10,11)/t5-/m0/s1. The second-order valence-corrected chi connectivity index (χ2v) is 3.15. The Bertz CT molecular complexity index is 143. The highest BCUT2D eigenvalue weighted by molar-refractivity contribution is 9.07. The van der Waals surface area contributed by atoms with Gasteiger partial charge in [-0.2, -0.15) is 0 Å². The lowest BCUT2D eigenvalue weighted by molar-refractivity contribution is -0.149. The Labute approximate surface area is 79.4 Å². The van der Waals surface area contributed by atoms with Gasteiger partial charge in [0, 0.05) is 16.1 Å². The number of rotatable bonds is 6. The molecule has 0 fully saturated rings. The van der Waals surface area contributed by atoms with Gasteiger partial charge in [0.1, 0.15) is 6.04 Å². The van der Waals surface area contributed by atoms with Gasteiger partial charge in [0.25, 0.3) is 0 Å². The van der Waals surface area contributed by atoms with E-state index in [4.69, 9.17) is 16.0 Å². The van der Waals surface area contributed by atoms with E-state index < -0.39 is 12.0 Å². The highest BCUT2D eigenvalue weighted by Gasteiger charge is 2.21. The fourth-order valence-corrected chi connectivity index (χ4v) is 1.18. The third-order valence-electron chi connectivity index (χ3n) is 1.47. The van der Waals surface area contributed by atoms with Crippen LogP contribution in [0.2, 0.25) is 0 Å². The molecule has 12 heavy (non-hydrogen) atoms. The van der Waals surface area contributed by atoms with Crippen molar-refractivity contribution >= 4 is 22.1 Å². The number of carboxylic acid groups (broad SMARTS) is 1. The number of nitrogens with two attached hydrogens (primary N) is 1. The summed E-state index contributed by atoms with van der Waals surface area (Å²) in [6.45, 7) is 0.542. The van der Waals surface area contributed by atoms with Gasteiger partial charge in [0.15, 0.2) is 0 Å². The number of nitrogens with zero attached hydrogens (tertiary/aromatic N) is 1. The average molecular weight is 241 g/mol. The van der Waals surface area contributed by atoms with E-state index in [2.05, 4.69) is 16.1 Å². The van der Waals surface area contributed by atoms with Crippen LogP contribution >= 0.6 is 16.1 Å². The van der Waals surface area contributed by atoms with Crippen LogP contribution in [-0.2, 0) is 4.79 Å². The molecule has 0 saturated heterocycles. The van der Waals surface area contributed by atoms with Gasteiger partial charge in [-0.05, 0) is 25.8 Å². The summed E-state index contributed by atoms with van der Waals surface area (Å²) in [4.78, 5) is 10.5. The van der Waals surface area contributed by atoms with Crippen molar-refractivity contribution in [2.45, 2.75) is 25.3 Å². The van der Waals surface area contributed by atoms with Gasteiger partial charge >= 0.3 is 5.97 Å². The minimum absolute atomic E-state index is 0.383. The zero-order chi connectivity index (χ0) is 9.56. The first-order valence-electron chi connectivity index (χ1n) is 3.66. The van der Waals surface area contributed by atoms with E-state index in [1.807, 2.05) is 0 Å². The summed E-state index contributed by atoms with van der Waals surface area (Å²) < 4.78 is 0.534. The Morgan fingerprint density at radius 3 is 2.50 bits per heavy atom. The summed E-state index contributed by atoms with van der Waals surface area (Å²) in [7, 11) is 0. The molecule has 0 aromatic heterocycles. The van der Waals surface area contributed by atoms with Gasteiger partial charge in [0.05, 0.1) is 0 Å². The van der Waals surface area contributed by atoms with Crippen LogP contribution in [-0.4, -0.2) is 33.0 Å². The Morgan fingerprint density at radius 1 is 1.58 bits per heavy atom. The van der Waals surface area contributed by atoms with E-state index in [0.29, 0.717) is 23.5 Å². The number of unbranched alkanes of at least 4 members (excludes halogenated alkanes) is 1. The summed E-state index contributed by atoms with van der Waals surface area (Å²) in [5.74, 6) is -1.05. The smallest absolute Gasteiger partial charge is 0.324 e. The number of hydroxylamine groups is 1. The molecule has 0 unspecified atom stereocenters.